The smallest absolute Gasteiger partial charge is 0.396 e. The molecule has 1 saturated carbocycles. The number of fused-ring (bicyclic) bond motifs is 3. The van der Waals surface area contributed by atoms with Crippen LogP contribution in [-0.2, 0) is 14.8 Å². The molecule has 1 amide bonds. The van der Waals surface area contributed by atoms with Crippen LogP contribution < -0.4 is 9.24 Å². The van der Waals surface area contributed by atoms with Crippen LogP contribution in [0.15, 0.2) is 61.3 Å². The van der Waals surface area contributed by atoms with Crippen LogP contribution >= 0.6 is 22.7 Å². The van der Waals surface area contributed by atoms with E-state index in [2.05, 4.69) is 0 Å². The molecule has 6 nitrogen and oxygen atoms in total. The number of carbonyl (C=O) groups is 1. The Morgan fingerprint density at radius 3 is 2.48 bits per heavy atom. The Morgan fingerprint density at radius 2 is 1.77 bits per heavy atom. The van der Waals surface area contributed by atoms with E-state index >= 15 is 0 Å². The summed E-state index contributed by atoms with van der Waals surface area (Å²) in [7, 11) is -4.11. The number of thiophene rings is 1. The predicted octanol–water partition coefficient (Wildman–Crippen LogP) is 5.37. The molecule has 160 valence electrons. The summed E-state index contributed by atoms with van der Waals surface area (Å²) >= 11 is 1.98. The third kappa shape index (κ3) is 3.50. The molecule has 0 aliphatic heterocycles. The highest BCUT2D eigenvalue weighted by atomic mass is 32.2. The van der Waals surface area contributed by atoms with Crippen LogP contribution in [-0.4, -0.2) is 14.3 Å². The quantitative estimate of drug-likeness (QED) is 0.398. The molecule has 0 radical (unpaired) electrons. The zero-order chi connectivity index (χ0) is 21.6. The molecule has 4 aromatic rings. The molecule has 5 rings (SSSR count). The van der Waals surface area contributed by atoms with Crippen molar-refractivity contribution in [2.24, 2.45) is 5.92 Å². The molecule has 0 N–H and O–H groups in total. The van der Waals surface area contributed by atoms with Crippen molar-refractivity contribution in [2.45, 2.75) is 36.3 Å². The highest BCUT2D eigenvalue weighted by molar-refractivity contribution is 7.95. The van der Waals surface area contributed by atoms with Crippen LogP contribution in [0.2, 0.25) is 0 Å². The minimum absolute atomic E-state index is 0.112. The molecule has 2 aromatic carbocycles. The van der Waals surface area contributed by atoms with Crippen molar-refractivity contribution in [1.82, 2.24) is 0 Å². The molecule has 9 heteroatoms. The largest absolute Gasteiger partial charge is 0.413 e. The van der Waals surface area contributed by atoms with Gasteiger partial charge >= 0.3 is 4.94 Å². The zero-order valence-corrected chi connectivity index (χ0v) is 18.9. The van der Waals surface area contributed by atoms with Crippen molar-refractivity contribution in [3.05, 3.63) is 57.6 Å². The minimum Gasteiger partial charge on any atom is -0.413 e. The fourth-order valence-corrected chi connectivity index (χ4v) is 7.50. The number of benzene rings is 2. The number of hydrogen-bond donors (Lipinski definition) is 0. The van der Waals surface area contributed by atoms with E-state index in [0.717, 1.165) is 46.2 Å². The lowest BCUT2D eigenvalue weighted by Gasteiger charge is -2.29. The average molecular weight is 474 g/mol. The maximum atomic E-state index is 13.7. The van der Waals surface area contributed by atoms with E-state index in [1.54, 1.807) is 41.8 Å². The fraction of sp³-hybridized carbons (Fsp3) is 0.273. The molecular weight excluding hydrogens is 454 g/mol. The first-order chi connectivity index (χ1) is 15.0. The molecule has 0 spiro atoms. The lowest BCUT2D eigenvalue weighted by atomic mass is 9.88. The number of rotatable bonds is 4. The Balaban J connectivity index is 1.79. The van der Waals surface area contributed by atoms with Gasteiger partial charge in [-0.1, -0.05) is 60.9 Å². The summed E-state index contributed by atoms with van der Waals surface area (Å²) < 4.78 is 34.4. The van der Waals surface area contributed by atoms with Crippen molar-refractivity contribution in [2.75, 3.05) is 4.31 Å². The maximum Gasteiger partial charge on any atom is 0.396 e. The van der Waals surface area contributed by atoms with Gasteiger partial charge in [0.05, 0.1) is 10.4 Å². The lowest BCUT2D eigenvalue weighted by molar-refractivity contribution is -0.122. The molecule has 0 saturated heterocycles. The van der Waals surface area contributed by atoms with E-state index in [1.165, 1.54) is 6.07 Å². The second kappa shape index (κ2) is 7.89. The van der Waals surface area contributed by atoms with E-state index in [-0.39, 0.29) is 15.8 Å². The first kappa shape index (κ1) is 20.4. The van der Waals surface area contributed by atoms with Crippen LogP contribution in [0, 0.1) is 5.92 Å². The van der Waals surface area contributed by atoms with Gasteiger partial charge in [-0.3, -0.25) is 4.79 Å². The molecule has 0 atom stereocenters. The van der Waals surface area contributed by atoms with Gasteiger partial charge in [-0.2, -0.15) is 8.42 Å². The zero-order valence-electron chi connectivity index (χ0n) is 16.4. The van der Waals surface area contributed by atoms with Gasteiger partial charge < -0.3 is 4.42 Å². The molecule has 2 aromatic heterocycles. The van der Waals surface area contributed by atoms with Crippen molar-refractivity contribution in [1.29, 1.82) is 0 Å². The summed E-state index contributed by atoms with van der Waals surface area (Å²) in [6.07, 6.45) is 4.22. The first-order valence-electron chi connectivity index (χ1n) is 10.0. The minimum atomic E-state index is -4.11. The number of amides is 1. The molecule has 1 aliphatic rings. The van der Waals surface area contributed by atoms with Crippen LogP contribution in [0.5, 0.6) is 0 Å². The van der Waals surface area contributed by atoms with Crippen LogP contribution in [0.1, 0.15) is 32.1 Å². The monoisotopic (exact) mass is 473 g/mol. The number of nitrogens with zero attached hydrogens (tertiary/aromatic N) is 1. The molecular formula is C22H19NO5S3. The third-order valence-electron chi connectivity index (χ3n) is 5.68. The molecule has 1 aliphatic carbocycles. The summed E-state index contributed by atoms with van der Waals surface area (Å²) in [5, 5.41) is 2.84. The van der Waals surface area contributed by atoms with Gasteiger partial charge in [0.25, 0.3) is 10.0 Å². The van der Waals surface area contributed by atoms with Crippen molar-refractivity contribution >= 4 is 65.3 Å². The SMILES string of the molecule is O=C(C1CCCCC1)N(c1cc2sc(=O)oc2c2ccccc12)S(=O)(=O)c1cccs1. The van der Waals surface area contributed by atoms with E-state index in [1.807, 2.05) is 0 Å². The van der Waals surface area contributed by atoms with Crippen molar-refractivity contribution in [3.63, 3.8) is 0 Å². The number of sulfonamides is 1. The highest BCUT2D eigenvalue weighted by Crippen LogP contribution is 2.40. The van der Waals surface area contributed by atoms with Crippen LogP contribution in [0.25, 0.3) is 21.1 Å². The summed E-state index contributed by atoms with van der Waals surface area (Å²) in [6, 6.07) is 11.9. The number of anilines is 1. The highest BCUT2D eigenvalue weighted by Gasteiger charge is 2.37. The Bertz CT molecular complexity index is 1430. The maximum absolute atomic E-state index is 13.7. The van der Waals surface area contributed by atoms with Gasteiger partial charge in [0.1, 0.15) is 4.21 Å². The van der Waals surface area contributed by atoms with Crippen molar-refractivity contribution in [3.8, 4) is 0 Å². The van der Waals surface area contributed by atoms with Gasteiger partial charge in [-0.25, -0.2) is 9.10 Å². The molecule has 31 heavy (non-hydrogen) atoms. The van der Waals surface area contributed by atoms with Gasteiger partial charge in [-0.05, 0) is 30.4 Å². The number of hydrogen-bond acceptors (Lipinski definition) is 7. The lowest BCUT2D eigenvalue weighted by Crippen LogP contribution is -2.41. The predicted molar refractivity (Wildman–Crippen MR) is 123 cm³/mol. The van der Waals surface area contributed by atoms with Gasteiger partial charge in [0, 0.05) is 16.7 Å². The average Bonchev–Trinajstić information content (AvgIpc) is 3.44. The summed E-state index contributed by atoms with van der Waals surface area (Å²) in [6.45, 7) is 0. The second-order valence-electron chi connectivity index (χ2n) is 7.60. The molecule has 0 unspecified atom stereocenters. The summed E-state index contributed by atoms with van der Waals surface area (Å²) in [4.78, 5) is 25.2. The Labute approximate surface area is 186 Å². The van der Waals surface area contributed by atoms with Crippen molar-refractivity contribution < 1.29 is 17.6 Å². The standard InChI is InChI=1S/C22H19NO5S3/c24-21(14-7-2-1-3-8-14)23(31(26,27)19-11-6-12-29-19)17-13-18-20(28-22(25)30-18)16-10-5-4-9-15(16)17/h4-6,9-14H,1-3,7-8H2. The van der Waals surface area contributed by atoms with Gasteiger partial charge in [0.2, 0.25) is 5.91 Å². The summed E-state index contributed by atoms with van der Waals surface area (Å²) in [5.74, 6) is -0.755. The van der Waals surface area contributed by atoms with Gasteiger partial charge in [-0.15, -0.1) is 11.3 Å². The number of carbonyl (C=O) groups excluding carboxylic acids is 1. The second-order valence-corrected chi connectivity index (χ2v) is 11.5. The van der Waals surface area contributed by atoms with Gasteiger partial charge in [0.15, 0.2) is 5.58 Å². The molecule has 2 heterocycles. The normalized spacial score (nSPS) is 15.5. The Morgan fingerprint density at radius 1 is 1.03 bits per heavy atom. The van der Waals surface area contributed by atoms with E-state index < -0.39 is 20.9 Å². The van der Waals surface area contributed by atoms with E-state index in [9.17, 15) is 18.0 Å². The van der Waals surface area contributed by atoms with Crippen LogP contribution in [0.4, 0.5) is 5.69 Å². The topological polar surface area (TPSA) is 84.7 Å². The Hall–Kier alpha value is -2.49. The molecule has 1 fully saturated rings. The Kier molecular flexibility index (Phi) is 5.19. The molecule has 0 bridgehead atoms. The fourth-order valence-electron chi connectivity index (χ4n) is 4.23. The van der Waals surface area contributed by atoms with E-state index in [0.29, 0.717) is 33.9 Å². The third-order valence-corrected chi connectivity index (χ3v) is 9.54. The summed E-state index contributed by atoms with van der Waals surface area (Å²) in [5.41, 5.74) is 0.678. The van der Waals surface area contributed by atoms with Crippen LogP contribution in [0.3, 0.4) is 0 Å². The van der Waals surface area contributed by atoms with E-state index in [4.69, 9.17) is 4.42 Å². The first-order valence-corrected chi connectivity index (χ1v) is 13.2.